The van der Waals surface area contributed by atoms with Gasteiger partial charge in [0.15, 0.2) is 0 Å². The van der Waals surface area contributed by atoms with Crippen LogP contribution in [0.25, 0.3) is 0 Å². The average Bonchev–Trinajstić information content (AvgIpc) is 3.21. The van der Waals surface area contributed by atoms with Crippen molar-refractivity contribution in [3.8, 4) is 5.75 Å². The first-order valence-electron chi connectivity index (χ1n) is 6.45. The van der Waals surface area contributed by atoms with Gasteiger partial charge in [-0.05, 0) is 44.0 Å². The van der Waals surface area contributed by atoms with E-state index in [1.807, 2.05) is 6.92 Å². The molecule has 0 bridgehead atoms. The lowest BCUT2D eigenvalue weighted by Crippen LogP contribution is -2.35. The summed E-state index contributed by atoms with van der Waals surface area (Å²) in [5.74, 6) is 0.654. The third-order valence-corrected chi connectivity index (χ3v) is 4.98. The van der Waals surface area contributed by atoms with Gasteiger partial charge >= 0.3 is 0 Å². The van der Waals surface area contributed by atoms with Gasteiger partial charge in [-0.2, -0.15) is 4.31 Å². The summed E-state index contributed by atoms with van der Waals surface area (Å²) >= 11 is 0. The van der Waals surface area contributed by atoms with E-state index in [0.717, 1.165) is 12.8 Å². The first-order chi connectivity index (χ1) is 9.09. The zero-order valence-electron chi connectivity index (χ0n) is 10.9. The van der Waals surface area contributed by atoms with Gasteiger partial charge in [0.1, 0.15) is 5.75 Å². The number of hydrogen-bond acceptors (Lipinski definition) is 4. The van der Waals surface area contributed by atoms with Crippen molar-refractivity contribution in [2.24, 2.45) is 0 Å². The van der Waals surface area contributed by atoms with Gasteiger partial charge in [-0.1, -0.05) is 0 Å². The molecule has 1 fully saturated rings. The van der Waals surface area contributed by atoms with Gasteiger partial charge in [-0.25, -0.2) is 8.42 Å². The van der Waals surface area contributed by atoms with Crippen LogP contribution in [0.5, 0.6) is 5.75 Å². The topological polar surface area (TPSA) is 66.8 Å². The van der Waals surface area contributed by atoms with E-state index in [1.54, 1.807) is 24.3 Å². The molecule has 0 aromatic heterocycles. The number of sulfonamides is 1. The van der Waals surface area contributed by atoms with Crippen LogP contribution >= 0.6 is 0 Å². The minimum absolute atomic E-state index is 0.0451. The van der Waals surface area contributed by atoms with Crippen molar-refractivity contribution in [1.29, 1.82) is 0 Å². The Balaban J connectivity index is 2.22. The van der Waals surface area contributed by atoms with Gasteiger partial charge in [0.05, 0.1) is 18.1 Å². The fraction of sp³-hybridized carbons (Fsp3) is 0.538. The number of hydrogen-bond donors (Lipinski definition) is 1. The molecule has 0 heterocycles. The van der Waals surface area contributed by atoms with Crippen LogP contribution in [0.2, 0.25) is 0 Å². The molecular formula is C13H19NO4S. The van der Waals surface area contributed by atoms with Crippen LogP contribution in [0.3, 0.4) is 0 Å². The van der Waals surface area contributed by atoms with E-state index >= 15 is 0 Å². The molecule has 0 radical (unpaired) electrons. The highest BCUT2D eigenvalue weighted by Crippen LogP contribution is 2.32. The lowest BCUT2D eigenvalue weighted by Gasteiger charge is -2.20. The molecule has 1 saturated carbocycles. The lowest BCUT2D eigenvalue weighted by atomic mass is 10.3. The number of aliphatic hydroxyl groups is 1. The van der Waals surface area contributed by atoms with Crippen LogP contribution < -0.4 is 4.74 Å². The zero-order valence-corrected chi connectivity index (χ0v) is 11.8. The molecule has 0 aliphatic heterocycles. The van der Waals surface area contributed by atoms with Crippen LogP contribution in [-0.2, 0) is 10.0 Å². The van der Waals surface area contributed by atoms with E-state index in [9.17, 15) is 8.42 Å². The summed E-state index contributed by atoms with van der Waals surface area (Å²) < 4.78 is 31.6. The summed E-state index contributed by atoms with van der Waals surface area (Å²) in [6, 6.07) is 6.45. The molecule has 0 spiro atoms. The van der Waals surface area contributed by atoms with Crippen molar-refractivity contribution in [2.75, 3.05) is 19.8 Å². The Morgan fingerprint density at radius 3 is 2.42 bits per heavy atom. The Kier molecular flexibility index (Phi) is 4.44. The highest BCUT2D eigenvalue weighted by molar-refractivity contribution is 7.89. The van der Waals surface area contributed by atoms with Crippen LogP contribution in [-0.4, -0.2) is 43.6 Å². The number of ether oxygens (including phenoxy) is 1. The Morgan fingerprint density at radius 2 is 1.95 bits per heavy atom. The molecule has 0 saturated heterocycles. The second kappa shape index (κ2) is 5.90. The van der Waals surface area contributed by atoms with Gasteiger partial charge < -0.3 is 9.84 Å². The fourth-order valence-corrected chi connectivity index (χ4v) is 3.65. The van der Waals surface area contributed by atoms with Gasteiger partial charge in [0.25, 0.3) is 0 Å². The maximum absolute atomic E-state index is 12.4. The summed E-state index contributed by atoms with van der Waals surface area (Å²) in [6.45, 7) is 2.42. The Bertz CT molecular complexity index is 508. The standard InChI is InChI=1S/C13H19NO4S/c1-2-18-12-5-7-13(8-6-12)19(16,17)14(9-10-15)11-3-4-11/h5-8,11,15H,2-4,9-10H2,1H3. The van der Waals surface area contributed by atoms with Crippen molar-refractivity contribution < 1.29 is 18.3 Å². The van der Waals surface area contributed by atoms with Crippen molar-refractivity contribution in [3.63, 3.8) is 0 Å². The maximum Gasteiger partial charge on any atom is 0.243 e. The Morgan fingerprint density at radius 1 is 1.32 bits per heavy atom. The van der Waals surface area contributed by atoms with E-state index in [0.29, 0.717) is 12.4 Å². The Labute approximate surface area is 113 Å². The zero-order chi connectivity index (χ0) is 13.9. The van der Waals surface area contributed by atoms with Gasteiger partial charge in [-0.3, -0.25) is 0 Å². The minimum atomic E-state index is -3.51. The molecule has 106 valence electrons. The van der Waals surface area contributed by atoms with E-state index in [2.05, 4.69) is 0 Å². The first-order valence-corrected chi connectivity index (χ1v) is 7.89. The smallest absolute Gasteiger partial charge is 0.243 e. The maximum atomic E-state index is 12.4. The summed E-state index contributed by atoms with van der Waals surface area (Å²) in [7, 11) is -3.51. The number of aliphatic hydroxyl groups excluding tert-OH is 1. The van der Waals surface area contributed by atoms with Crippen LogP contribution in [0.1, 0.15) is 19.8 Å². The molecular weight excluding hydrogens is 266 g/mol. The third kappa shape index (κ3) is 3.26. The summed E-state index contributed by atoms with van der Waals surface area (Å²) in [5, 5.41) is 9.01. The largest absolute Gasteiger partial charge is 0.494 e. The van der Waals surface area contributed by atoms with E-state index in [1.165, 1.54) is 4.31 Å². The second-order valence-corrected chi connectivity index (χ2v) is 6.37. The molecule has 6 heteroatoms. The highest BCUT2D eigenvalue weighted by atomic mass is 32.2. The average molecular weight is 285 g/mol. The van der Waals surface area contributed by atoms with Crippen molar-refractivity contribution in [2.45, 2.75) is 30.7 Å². The van der Waals surface area contributed by atoms with Crippen LogP contribution in [0.15, 0.2) is 29.2 Å². The molecule has 1 aromatic carbocycles. The van der Waals surface area contributed by atoms with Gasteiger partial charge in [0.2, 0.25) is 10.0 Å². The molecule has 1 aliphatic rings. The molecule has 2 rings (SSSR count). The van der Waals surface area contributed by atoms with Crippen LogP contribution in [0.4, 0.5) is 0 Å². The quantitative estimate of drug-likeness (QED) is 0.818. The van der Waals surface area contributed by atoms with Gasteiger partial charge in [-0.15, -0.1) is 0 Å². The predicted molar refractivity (Wildman–Crippen MR) is 71.6 cm³/mol. The van der Waals surface area contributed by atoms with E-state index in [-0.39, 0.29) is 24.1 Å². The van der Waals surface area contributed by atoms with E-state index in [4.69, 9.17) is 9.84 Å². The molecule has 1 aromatic rings. The minimum Gasteiger partial charge on any atom is -0.494 e. The monoisotopic (exact) mass is 285 g/mol. The van der Waals surface area contributed by atoms with E-state index < -0.39 is 10.0 Å². The number of nitrogens with zero attached hydrogens (tertiary/aromatic N) is 1. The number of benzene rings is 1. The third-order valence-electron chi connectivity index (χ3n) is 3.02. The van der Waals surface area contributed by atoms with Crippen molar-refractivity contribution >= 4 is 10.0 Å². The molecule has 0 atom stereocenters. The Hall–Kier alpha value is -1.11. The molecule has 5 nitrogen and oxygen atoms in total. The normalized spacial score (nSPS) is 15.7. The first kappa shape index (κ1) is 14.3. The summed E-state index contributed by atoms with van der Waals surface area (Å²) in [6.07, 6.45) is 1.74. The highest BCUT2D eigenvalue weighted by Gasteiger charge is 2.37. The molecule has 1 aliphatic carbocycles. The second-order valence-electron chi connectivity index (χ2n) is 4.47. The molecule has 19 heavy (non-hydrogen) atoms. The summed E-state index contributed by atoms with van der Waals surface area (Å²) in [5.41, 5.74) is 0. The summed E-state index contributed by atoms with van der Waals surface area (Å²) in [4.78, 5) is 0.247. The van der Waals surface area contributed by atoms with Gasteiger partial charge in [0, 0.05) is 12.6 Å². The SMILES string of the molecule is CCOc1ccc(S(=O)(=O)N(CCO)C2CC2)cc1. The number of rotatable bonds is 7. The fourth-order valence-electron chi connectivity index (χ4n) is 1.97. The molecule has 0 unspecified atom stereocenters. The molecule has 0 amide bonds. The van der Waals surface area contributed by atoms with Crippen LogP contribution in [0, 0.1) is 0 Å². The molecule has 1 N–H and O–H groups in total. The van der Waals surface area contributed by atoms with Crippen molar-refractivity contribution in [1.82, 2.24) is 4.31 Å². The lowest BCUT2D eigenvalue weighted by molar-refractivity contribution is 0.250. The predicted octanol–water partition coefficient (Wildman–Crippen LogP) is 1.23. The van der Waals surface area contributed by atoms with Crippen molar-refractivity contribution in [3.05, 3.63) is 24.3 Å².